The molecule has 3 rings (SSSR count). The first kappa shape index (κ1) is 15.7. The first-order valence-corrected chi connectivity index (χ1v) is 7.32. The largest absolute Gasteiger partial charge is 0.492 e. The third-order valence-electron chi connectivity index (χ3n) is 3.61. The van der Waals surface area contributed by atoms with Gasteiger partial charge in [0.1, 0.15) is 5.75 Å². The molecule has 0 saturated carbocycles. The number of rotatable bonds is 2. The molecule has 7 heteroatoms. The second-order valence-corrected chi connectivity index (χ2v) is 5.57. The maximum absolute atomic E-state index is 13.2. The van der Waals surface area contributed by atoms with Gasteiger partial charge in [0.15, 0.2) is 11.6 Å². The molecule has 0 saturated heterocycles. The summed E-state index contributed by atoms with van der Waals surface area (Å²) in [6.45, 7) is 0.375. The SMILES string of the molecule is N[C@H]1CCOc2c(C(=O)Nc3ccc(F)c(F)c3)ccc(Cl)c21. The number of ether oxygens (including phenoxy) is 1. The molecule has 3 N–H and O–H groups in total. The van der Waals surface area contributed by atoms with Crippen LogP contribution in [-0.2, 0) is 0 Å². The zero-order valence-electron chi connectivity index (χ0n) is 11.9. The quantitative estimate of drug-likeness (QED) is 0.878. The van der Waals surface area contributed by atoms with Gasteiger partial charge in [0.2, 0.25) is 0 Å². The molecular weight excluding hydrogens is 326 g/mol. The van der Waals surface area contributed by atoms with Crippen molar-refractivity contribution >= 4 is 23.2 Å². The number of amides is 1. The van der Waals surface area contributed by atoms with Crippen LogP contribution in [0, 0.1) is 11.6 Å². The smallest absolute Gasteiger partial charge is 0.259 e. The maximum atomic E-state index is 13.2. The summed E-state index contributed by atoms with van der Waals surface area (Å²) in [6, 6.07) is 5.87. The van der Waals surface area contributed by atoms with Crippen molar-refractivity contribution in [1.82, 2.24) is 0 Å². The minimum Gasteiger partial charge on any atom is -0.492 e. The number of benzene rings is 2. The summed E-state index contributed by atoms with van der Waals surface area (Å²) in [6.07, 6.45) is 0.598. The molecule has 0 bridgehead atoms. The number of carbonyl (C=O) groups is 1. The summed E-state index contributed by atoms with van der Waals surface area (Å²) < 4.78 is 31.7. The van der Waals surface area contributed by atoms with Gasteiger partial charge in [-0.05, 0) is 24.3 Å². The lowest BCUT2D eigenvalue weighted by molar-refractivity contribution is 0.102. The Bertz CT molecular complexity index is 783. The van der Waals surface area contributed by atoms with Gasteiger partial charge in [0.05, 0.1) is 12.2 Å². The Labute approximate surface area is 136 Å². The summed E-state index contributed by atoms with van der Waals surface area (Å²) in [5.74, 6) is -2.21. The van der Waals surface area contributed by atoms with Gasteiger partial charge < -0.3 is 15.8 Å². The standard InChI is InChI=1S/C16H13ClF2N2O2/c17-10-3-2-9(15-14(10)13(20)5-6-23-15)16(22)21-8-1-4-11(18)12(19)7-8/h1-4,7,13H,5-6,20H2,(H,21,22)/t13-/m0/s1. The van der Waals surface area contributed by atoms with Crippen molar-refractivity contribution in [3.8, 4) is 5.75 Å². The lowest BCUT2D eigenvalue weighted by Crippen LogP contribution is -2.24. The van der Waals surface area contributed by atoms with Crippen molar-refractivity contribution < 1.29 is 18.3 Å². The molecule has 0 radical (unpaired) electrons. The van der Waals surface area contributed by atoms with E-state index in [0.717, 1.165) is 12.1 Å². The summed E-state index contributed by atoms with van der Waals surface area (Å²) in [4.78, 5) is 12.4. The molecule has 0 spiro atoms. The number of anilines is 1. The number of hydrogen-bond acceptors (Lipinski definition) is 3. The van der Waals surface area contributed by atoms with E-state index in [2.05, 4.69) is 5.32 Å². The summed E-state index contributed by atoms with van der Waals surface area (Å²) in [7, 11) is 0. The topological polar surface area (TPSA) is 64.3 Å². The van der Waals surface area contributed by atoms with Crippen LogP contribution in [0.2, 0.25) is 5.02 Å². The molecule has 1 aliphatic rings. The molecule has 0 aliphatic carbocycles. The Hall–Kier alpha value is -2.18. The molecule has 1 heterocycles. The Balaban J connectivity index is 1.94. The molecule has 23 heavy (non-hydrogen) atoms. The Morgan fingerprint density at radius 1 is 1.26 bits per heavy atom. The van der Waals surface area contributed by atoms with Crippen LogP contribution in [0.1, 0.15) is 28.4 Å². The van der Waals surface area contributed by atoms with Crippen LogP contribution in [0.25, 0.3) is 0 Å². The molecule has 0 aromatic heterocycles. The van der Waals surface area contributed by atoms with Crippen LogP contribution in [0.4, 0.5) is 14.5 Å². The van der Waals surface area contributed by atoms with Gasteiger partial charge in [0, 0.05) is 34.8 Å². The fourth-order valence-electron chi connectivity index (χ4n) is 2.46. The van der Waals surface area contributed by atoms with Crippen molar-refractivity contribution in [2.24, 2.45) is 5.73 Å². The van der Waals surface area contributed by atoms with E-state index in [9.17, 15) is 13.6 Å². The van der Waals surface area contributed by atoms with E-state index in [4.69, 9.17) is 22.1 Å². The first-order chi connectivity index (χ1) is 11.0. The number of fused-ring (bicyclic) bond motifs is 1. The van der Waals surface area contributed by atoms with Crippen LogP contribution in [0.5, 0.6) is 5.75 Å². The van der Waals surface area contributed by atoms with E-state index in [1.54, 1.807) is 6.07 Å². The number of halogens is 3. The zero-order valence-corrected chi connectivity index (χ0v) is 12.7. The van der Waals surface area contributed by atoms with Crippen molar-refractivity contribution in [2.45, 2.75) is 12.5 Å². The highest BCUT2D eigenvalue weighted by Crippen LogP contribution is 2.39. The summed E-state index contributed by atoms with van der Waals surface area (Å²) >= 11 is 6.13. The number of nitrogens with one attached hydrogen (secondary N) is 1. The molecule has 0 unspecified atom stereocenters. The predicted molar refractivity (Wildman–Crippen MR) is 82.8 cm³/mol. The molecule has 4 nitrogen and oxygen atoms in total. The second-order valence-electron chi connectivity index (χ2n) is 5.16. The number of carbonyl (C=O) groups excluding carboxylic acids is 1. The minimum absolute atomic E-state index is 0.137. The monoisotopic (exact) mass is 338 g/mol. The van der Waals surface area contributed by atoms with Crippen molar-refractivity contribution in [1.29, 1.82) is 0 Å². The average Bonchev–Trinajstić information content (AvgIpc) is 2.51. The lowest BCUT2D eigenvalue weighted by Gasteiger charge is -2.25. The van der Waals surface area contributed by atoms with Gasteiger partial charge in [-0.15, -0.1) is 0 Å². The number of hydrogen-bond donors (Lipinski definition) is 2. The lowest BCUT2D eigenvalue weighted by atomic mass is 9.98. The van der Waals surface area contributed by atoms with E-state index in [-0.39, 0.29) is 17.3 Å². The van der Waals surface area contributed by atoms with E-state index >= 15 is 0 Å². The number of nitrogens with two attached hydrogens (primary N) is 1. The molecule has 1 atom stereocenters. The van der Waals surface area contributed by atoms with Crippen LogP contribution >= 0.6 is 11.6 Å². The summed E-state index contributed by atoms with van der Waals surface area (Å²) in [5.41, 5.74) is 6.97. The van der Waals surface area contributed by atoms with Crippen LogP contribution in [0.3, 0.4) is 0 Å². The molecule has 1 amide bonds. The average molecular weight is 339 g/mol. The van der Waals surface area contributed by atoms with Gasteiger partial charge in [-0.1, -0.05) is 11.6 Å². The van der Waals surface area contributed by atoms with E-state index in [1.807, 2.05) is 0 Å². The Morgan fingerprint density at radius 3 is 2.78 bits per heavy atom. The molecule has 120 valence electrons. The zero-order chi connectivity index (χ0) is 16.6. The van der Waals surface area contributed by atoms with Gasteiger partial charge in [-0.25, -0.2) is 8.78 Å². The van der Waals surface area contributed by atoms with Crippen LogP contribution in [-0.4, -0.2) is 12.5 Å². The minimum atomic E-state index is -1.04. The third-order valence-corrected chi connectivity index (χ3v) is 3.94. The van der Waals surface area contributed by atoms with E-state index in [0.29, 0.717) is 29.4 Å². The highest BCUT2D eigenvalue weighted by molar-refractivity contribution is 6.32. The van der Waals surface area contributed by atoms with Gasteiger partial charge in [0.25, 0.3) is 5.91 Å². The molecule has 2 aromatic carbocycles. The van der Waals surface area contributed by atoms with Gasteiger partial charge in [-0.2, -0.15) is 0 Å². The fourth-order valence-corrected chi connectivity index (χ4v) is 2.75. The summed E-state index contributed by atoms with van der Waals surface area (Å²) in [5, 5.41) is 2.93. The molecule has 1 aliphatic heterocycles. The first-order valence-electron chi connectivity index (χ1n) is 6.94. The van der Waals surface area contributed by atoms with Gasteiger partial charge >= 0.3 is 0 Å². The van der Waals surface area contributed by atoms with Crippen LogP contribution < -0.4 is 15.8 Å². The van der Waals surface area contributed by atoms with E-state index < -0.39 is 17.5 Å². The highest BCUT2D eigenvalue weighted by atomic mass is 35.5. The third kappa shape index (κ3) is 3.00. The van der Waals surface area contributed by atoms with E-state index in [1.165, 1.54) is 12.1 Å². The predicted octanol–water partition coefficient (Wildman–Crippen LogP) is 3.65. The van der Waals surface area contributed by atoms with Gasteiger partial charge in [-0.3, -0.25) is 4.79 Å². The second kappa shape index (κ2) is 6.14. The normalized spacial score (nSPS) is 16.4. The molecular formula is C16H13ClF2N2O2. The van der Waals surface area contributed by atoms with Crippen molar-refractivity contribution in [2.75, 3.05) is 11.9 Å². The van der Waals surface area contributed by atoms with Crippen LogP contribution in [0.15, 0.2) is 30.3 Å². The van der Waals surface area contributed by atoms with Crippen molar-refractivity contribution in [3.63, 3.8) is 0 Å². The maximum Gasteiger partial charge on any atom is 0.259 e. The fraction of sp³-hybridized carbons (Fsp3) is 0.188. The highest BCUT2D eigenvalue weighted by Gasteiger charge is 2.26. The van der Waals surface area contributed by atoms with Crippen molar-refractivity contribution in [3.05, 3.63) is 58.1 Å². The Kier molecular flexibility index (Phi) is 4.19. The molecule has 0 fully saturated rings. The molecule has 2 aromatic rings. The Morgan fingerprint density at radius 2 is 2.04 bits per heavy atom.